The Bertz CT molecular complexity index is 207. The number of carbonyl (C=O) groups is 1. The molecule has 0 radical (unpaired) electrons. The van der Waals surface area contributed by atoms with E-state index in [2.05, 4.69) is 4.90 Å². The number of ether oxygens (including phenoxy) is 1. The lowest BCUT2D eigenvalue weighted by molar-refractivity contribution is -0.137. The van der Waals surface area contributed by atoms with Crippen molar-refractivity contribution in [2.75, 3.05) is 19.6 Å². The summed E-state index contributed by atoms with van der Waals surface area (Å²) in [6.45, 7) is 2.90. The van der Waals surface area contributed by atoms with Crippen LogP contribution in [-0.4, -0.2) is 47.8 Å². The fourth-order valence-corrected chi connectivity index (χ4v) is 2.34. The average molecular weight is 199 g/mol. The Hall–Kier alpha value is -0.610. The molecule has 4 nitrogen and oxygen atoms in total. The minimum atomic E-state index is -0.693. The Morgan fingerprint density at radius 1 is 1.36 bits per heavy atom. The Morgan fingerprint density at radius 3 is 2.57 bits per heavy atom. The highest BCUT2D eigenvalue weighted by molar-refractivity contribution is 5.66. The first kappa shape index (κ1) is 9.93. The number of carboxylic acid groups (broad SMARTS) is 1. The van der Waals surface area contributed by atoms with Gasteiger partial charge in [0.05, 0.1) is 12.2 Å². The fraction of sp³-hybridized carbons (Fsp3) is 0.900. The number of fused-ring (bicyclic) bond motifs is 2. The van der Waals surface area contributed by atoms with Crippen LogP contribution in [0.15, 0.2) is 0 Å². The summed E-state index contributed by atoms with van der Waals surface area (Å²) in [5, 5.41) is 8.52. The van der Waals surface area contributed by atoms with E-state index in [0.29, 0.717) is 12.2 Å². The molecule has 0 amide bonds. The van der Waals surface area contributed by atoms with Gasteiger partial charge < -0.3 is 9.84 Å². The molecular formula is C10H17NO3. The van der Waals surface area contributed by atoms with Gasteiger partial charge in [-0.1, -0.05) is 0 Å². The van der Waals surface area contributed by atoms with Crippen LogP contribution in [0.25, 0.3) is 0 Å². The maximum Gasteiger partial charge on any atom is 0.303 e. The van der Waals surface area contributed by atoms with E-state index in [0.717, 1.165) is 26.1 Å². The van der Waals surface area contributed by atoms with Crippen molar-refractivity contribution < 1.29 is 14.6 Å². The highest BCUT2D eigenvalue weighted by Gasteiger charge is 2.33. The molecule has 2 atom stereocenters. The van der Waals surface area contributed by atoms with E-state index >= 15 is 0 Å². The summed E-state index contributed by atoms with van der Waals surface area (Å²) in [7, 11) is 0. The number of carboxylic acids is 1. The van der Waals surface area contributed by atoms with Crippen LogP contribution in [0, 0.1) is 0 Å². The van der Waals surface area contributed by atoms with Gasteiger partial charge in [-0.15, -0.1) is 0 Å². The van der Waals surface area contributed by atoms with E-state index in [1.54, 1.807) is 0 Å². The van der Waals surface area contributed by atoms with E-state index < -0.39 is 5.97 Å². The predicted octanol–water partition coefficient (Wildman–Crippen LogP) is 0.714. The molecule has 14 heavy (non-hydrogen) atoms. The van der Waals surface area contributed by atoms with E-state index in [1.165, 1.54) is 12.8 Å². The Kier molecular flexibility index (Phi) is 3.03. The van der Waals surface area contributed by atoms with Gasteiger partial charge in [-0.3, -0.25) is 9.69 Å². The second kappa shape index (κ2) is 4.28. The fourth-order valence-electron chi connectivity index (χ4n) is 2.34. The van der Waals surface area contributed by atoms with Crippen LogP contribution in [0.2, 0.25) is 0 Å². The first-order valence-corrected chi connectivity index (χ1v) is 5.33. The molecule has 0 saturated carbocycles. The van der Waals surface area contributed by atoms with Gasteiger partial charge in [0, 0.05) is 19.5 Å². The molecule has 1 N–H and O–H groups in total. The molecule has 0 aromatic heterocycles. The summed E-state index contributed by atoms with van der Waals surface area (Å²) < 4.78 is 5.70. The van der Waals surface area contributed by atoms with Gasteiger partial charge in [-0.05, 0) is 25.8 Å². The van der Waals surface area contributed by atoms with Crippen LogP contribution in [0.5, 0.6) is 0 Å². The molecule has 2 fully saturated rings. The zero-order chi connectivity index (χ0) is 9.97. The van der Waals surface area contributed by atoms with Crippen LogP contribution in [0.1, 0.15) is 25.7 Å². The lowest BCUT2D eigenvalue weighted by Crippen LogP contribution is -2.42. The molecule has 4 heteroatoms. The lowest BCUT2D eigenvalue weighted by atomic mass is 10.2. The summed E-state index contributed by atoms with van der Waals surface area (Å²) in [5.74, 6) is -0.693. The van der Waals surface area contributed by atoms with Gasteiger partial charge in [0.2, 0.25) is 0 Å². The van der Waals surface area contributed by atoms with Crippen molar-refractivity contribution in [3.63, 3.8) is 0 Å². The molecule has 2 unspecified atom stereocenters. The van der Waals surface area contributed by atoms with Gasteiger partial charge in [-0.25, -0.2) is 0 Å². The SMILES string of the molecule is O=C(O)CCCN1CC2CCC(C1)O2. The maximum atomic E-state index is 10.3. The topological polar surface area (TPSA) is 49.8 Å². The molecule has 2 aliphatic heterocycles. The third-order valence-electron chi connectivity index (χ3n) is 2.98. The normalized spacial score (nSPS) is 32.0. The number of aliphatic carboxylic acids is 1. The van der Waals surface area contributed by atoms with Gasteiger partial charge >= 0.3 is 5.97 Å². The first-order valence-electron chi connectivity index (χ1n) is 5.33. The summed E-state index contributed by atoms with van der Waals surface area (Å²) in [5.41, 5.74) is 0. The monoisotopic (exact) mass is 199 g/mol. The molecule has 2 aliphatic rings. The van der Waals surface area contributed by atoms with Gasteiger partial charge in [-0.2, -0.15) is 0 Å². The van der Waals surface area contributed by atoms with Crippen LogP contribution < -0.4 is 0 Å². The first-order chi connectivity index (χ1) is 6.74. The van der Waals surface area contributed by atoms with Crippen LogP contribution >= 0.6 is 0 Å². The second-order valence-corrected chi connectivity index (χ2v) is 4.21. The minimum absolute atomic E-state index is 0.284. The number of rotatable bonds is 4. The van der Waals surface area contributed by atoms with Crippen molar-refractivity contribution in [3.05, 3.63) is 0 Å². The average Bonchev–Trinajstić information content (AvgIpc) is 2.45. The second-order valence-electron chi connectivity index (χ2n) is 4.21. The molecule has 0 spiro atoms. The smallest absolute Gasteiger partial charge is 0.303 e. The van der Waals surface area contributed by atoms with Crippen molar-refractivity contribution >= 4 is 5.97 Å². The molecule has 2 heterocycles. The van der Waals surface area contributed by atoms with Gasteiger partial charge in [0.25, 0.3) is 0 Å². The summed E-state index contributed by atoms with van der Waals surface area (Å²) in [6.07, 6.45) is 4.24. The van der Waals surface area contributed by atoms with Crippen molar-refractivity contribution in [1.82, 2.24) is 4.90 Å². The third-order valence-corrected chi connectivity index (χ3v) is 2.98. The summed E-state index contributed by atoms with van der Waals surface area (Å²) >= 11 is 0. The number of nitrogens with zero attached hydrogens (tertiary/aromatic N) is 1. The number of likely N-dealkylation sites (tertiary alicyclic amines) is 1. The third kappa shape index (κ3) is 2.45. The molecule has 0 aromatic carbocycles. The largest absolute Gasteiger partial charge is 0.481 e. The molecule has 2 rings (SSSR count). The van der Waals surface area contributed by atoms with Crippen LogP contribution in [0.4, 0.5) is 0 Å². The molecular weight excluding hydrogens is 182 g/mol. The standard InChI is InChI=1S/C10H17NO3/c12-10(13)2-1-5-11-6-8-3-4-9(7-11)14-8/h8-9H,1-7H2,(H,12,13). The zero-order valence-corrected chi connectivity index (χ0v) is 8.32. The summed E-state index contributed by atoms with van der Waals surface area (Å²) in [4.78, 5) is 12.7. The molecule has 0 aliphatic carbocycles. The van der Waals surface area contributed by atoms with E-state index in [-0.39, 0.29) is 6.42 Å². The van der Waals surface area contributed by atoms with Crippen molar-refractivity contribution in [2.24, 2.45) is 0 Å². The highest BCUT2D eigenvalue weighted by atomic mass is 16.5. The van der Waals surface area contributed by atoms with Gasteiger partial charge in [0.15, 0.2) is 0 Å². The Balaban J connectivity index is 1.69. The summed E-state index contributed by atoms with van der Waals surface area (Å²) in [6, 6.07) is 0. The van der Waals surface area contributed by atoms with E-state index in [4.69, 9.17) is 9.84 Å². The minimum Gasteiger partial charge on any atom is -0.481 e. The quantitative estimate of drug-likeness (QED) is 0.724. The number of hydrogen-bond donors (Lipinski definition) is 1. The van der Waals surface area contributed by atoms with Crippen molar-refractivity contribution in [1.29, 1.82) is 0 Å². The number of hydrogen-bond acceptors (Lipinski definition) is 3. The molecule has 2 bridgehead atoms. The molecule has 2 saturated heterocycles. The van der Waals surface area contributed by atoms with Crippen molar-refractivity contribution in [2.45, 2.75) is 37.9 Å². The Labute approximate surface area is 83.8 Å². The lowest BCUT2D eigenvalue weighted by Gasteiger charge is -2.31. The van der Waals surface area contributed by atoms with Crippen LogP contribution in [0.3, 0.4) is 0 Å². The van der Waals surface area contributed by atoms with E-state index in [1.807, 2.05) is 0 Å². The highest BCUT2D eigenvalue weighted by Crippen LogP contribution is 2.26. The van der Waals surface area contributed by atoms with Gasteiger partial charge in [0.1, 0.15) is 0 Å². The predicted molar refractivity (Wildman–Crippen MR) is 51.2 cm³/mol. The van der Waals surface area contributed by atoms with Crippen LogP contribution in [-0.2, 0) is 9.53 Å². The Morgan fingerprint density at radius 2 is 2.00 bits per heavy atom. The number of morpholine rings is 1. The molecule has 80 valence electrons. The van der Waals surface area contributed by atoms with Crippen molar-refractivity contribution in [3.8, 4) is 0 Å². The van der Waals surface area contributed by atoms with E-state index in [9.17, 15) is 4.79 Å². The molecule has 0 aromatic rings. The maximum absolute atomic E-state index is 10.3. The zero-order valence-electron chi connectivity index (χ0n) is 8.32.